The van der Waals surface area contributed by atoms with E-state index in [0.717, 1.165) is 16.7 Å². The Kier molecular flexibility index (Phi) is 3.68. The van der Waals surface area contributed by atoms with Crippen molar-refractivity contribution in [3.63, 3.8) is 0 Å². The Bertz CT molecular complexity index is 733. The third-order valence-electron chi connectivity index (χ3n) is 3.29. The predicted octanol–water partition coefficient (Wildman–Crippen LogP) is 1.84. The molecule has 2 heterocycles. The molecule has 0 bridgehead atoms. The molecule has 1 amide bonds. The van der Waals surface area contributed by atoms with Gasteiger partial charge in [0.05, 0.1) is 0 Å². The summed E-state index contributed by atoms with van der Waals surface area (Å²) in [7, 11) is 0. The standard InChI is InChI=1S/C14H13N3O3S/c18-13-5-4-12-11(6-7-15-14(12)16-13)9-2-1-3-10(8-9)17-21(19)20/h1-3,6-8,17H,4-5H2,(H,19,20)(H,15,16,18)/p-1. The molecule has 0 saturated carbocycles. The van der Waals surface area contributed by atoms with Crippen molar-refractivity contribution in [3.8, 4) is 11.1 Å². The third kappa shape index (κ3) is 2.93. The van der Waals surface area contributed by atoms with Crippen LogP contribution in [-0.2, 0) is 22.5 Å². The summed E-state index contributed by atoms with van der Waals surface area (Å²) in [6.07, 6.45) is 2.68. The summed E-state index contributed by atoms with van der Waals surface area (Å²) in [5.74, 6) is 0.541. The second kappa shape index (κ2) is 5.63. The molecule has 2 aromatic rings. The van der Waals surface area contributed by atoms with Crippen LogP contribution in [0.15, 0.2) is 36.5 Å². The SMILES string of the molecule is O=C1CCc2c(-c3cccc(NS(=O)[O-])c3)ccnc2N1. The van der Waals surface area contributed by atoms with E-state index in [1.807, 2.05) is 12.1 Å². The van der Waals surface area contributed by atoms with Crippen molar-refractivity contribution in [2.24, 2.45) is 0 Å². The van der Waals surface area contributed by atoms with E-state index in [-0.39, 0.29) is 5.91 Å². The molecule has 1 aliphatic rings. The van der Waals surface area contributed by atoms with E-state index in [2.05, 4.69) is 15.0 Å². The summed E-state index contributed by atoms with van der Waals surface area (Å²) in [5, 5.41) is 2.75. The Morgan fingerprint density at radius 2 is 2.14 bits per heavy atom. The van der Waals surface area contributed by atoms with Gasteiger partial charge in [0.1, 0.15) is 5.82 Å². The van der Waals surface area contributed by atoms with Gasteiger partial charge in [0.25, 0.3) is 0 Å². The molecule has 1 aliphatic heterocycles. The van der Waals surface area contributed by atoms with Crippen LogP contribution >= 0.6 is 0 Å². The first-order chi connectivity index (χ1) is 10.1. The maximum Gasteiger partial charge on any atom is 0.225 e. The lowest BCUT2D eigenvalue weighted by molar-refractivity contribution is -0.116. The number of amides is 1. The Balaban J connectivity index is 2.03. The number of anilines is 2. The van der Waals surface area contributed by atoms with Crippen LogP contribution in [0.3, 0.4) is 0 Å². The lowest BCUT2D eigenvalue weighted by atomic mass is 9.95. The maximum atomic E-state index is 11.4. The number of carbonyl (C=O) groups is 1. The predicted molar refractivity (Wildman–Crippen MR) is 79.2 cm³/mol. The van der Waals surface area contributed by atoms with Gasteiger partial charge in [-0.3, -0.25) is 9.00 Å². The number of pyridine rings is 1. The van der Waals surface area contributed by atoms with Gasteiger partial charge < -0.3 is 14.6 Å². The number of rotatable bonds is 3. The van der Waals surface area contributed by atoms with E-state index in [4.69, 9.17) is 0 Å². The zero-order chi connectivity index (χ0) is 14.8. The fourth-order valence-corrected chi connectivity index (χ4v) is 2.72. The van der Waals surface area contributed by atoms with E-state index < -0.39 is 11.3 Å². The molecule has 1 aromatic carbocycles. The number of hydrogen-bond donors (Lipinski definition) is 2. The first-order valence-electron chi connectivity index (χ1n) is 6.37. The second-order valence-corrected chi connectivity index (χ2v) is 5.32. The molecule has 0 spiro atoms. The molecule has 1 aromatic heterocycles. The highest BCUT2D eigenvalue weighted by Crippen LogP contribution is 2.32. The molecule has 6 nitrogen and oxygen atoms in total. The summed E-state index contributed by atoms with van der Waals surface area (Å²) in [4.78, 5) is 15.6. The molecule has 3 rings (SSSR count). The van der Waals surface area contributed by atoms with Gasteiger partial charge in [-0.15, -0.1) is 0 Å². The van der Waals surface area contributed by atoms with Gasteiger partial charge in [-0.25, -0.2) is 4.98 Å². The number of hydrogen-bond acceptors (Lipinski definition) is 4. The zero-order valence-corrected chi connectivity index (χ0v) is 11.8. The average molecular weight is 302 g/mol. The van der Waals surface area contributed by atoms with Crippen LogP contribution in [0, 0.1) is 0 Å². The third-order valence-corrected chi connectivity index (χ3v) is 3.69. The van der Waals surface area contributed by atoms with Crippen molar-refractivity contribution >= 4 is 28.7 Å². The van der Waals surface area contributed by atoms with Gasteiger partial charge in [0, 0.05) is 35.1 Å². The zero-order valence-electron chi connectivity index (χ0n) is 11.0. The largest absolute Gasteiger partial charge is 0.755 e. The minimum absolute atomic E-state index is 0.0377. The fourth-order valence-electron chi connectivity index (χ4n) is 2.40. The number of benzene rings is 1. The van der Waals surface area contributed by atoms with E-state index in [1.165, 1.54) is 0 Å². The van der Waals surface area contributed by atoms with E-state index in [9.17, 15) is 13.6 Å². The topological polar surface area (TPSA) is 94.2 Å². The van der Waals surface area contributed by atoms with Crippen LogP contribution in [0.25, 0.3) is 11.1 Å². The number of carbonyl (C=O) groups excluding carboxylic acids is 1. The van der Waals surface area contributed by atoms with Gasteiger partial charge in [-0.1, -0.05) is 12.1 Å². The molecule has 0 fully saturated rings. The van der Waals surface area contributed by atoms with Crippen molar-refractivity contribution in [3.05, 3.63) is 42.1 Å². The summed E-state index contributed by atoms with van der Waals surface area (Å²) in [6.45, 7) is 0. The molecule has 0 aliphatic carbocycles. The molecule has 7 heteroatoms. The molecule has 1 atom stereocenters. The molecular formula is C14H12N3O3S-. The quantitative estimate of drug-likeness (QED) is 0.846. The molecule has 2 N–H and O–H groups in total. The van der Waals surface area contributed by atoms with E-state index >= 15 is 0 Å². The lowest BCUT2D eigenvalue weighted by Gasteiger charge is -2.19. The van der Waals surface area contributed by atoms with Crippen LogP contribution in [0.4, 0.5) is 11.5 Å². The van der Waals surface area contributed by atoms with Crippen molar-refractivity contribution in [2.75, 3.05) is 10.0 Å². The van der Waals surface area contributed by atoms with Crippen LogP contribution in [-0.4, -0.2) is 19.7 Å². The molecule has 0 radical (unpaired) electrons. The lowest BCUT2D eigenvalue weighted by Crippen LogP contribution is -2.20. The van der Waals surface area contributed by atoms with Crippen LogP contribution < -0.4 is 10.0 Å². The number of aromatic nitrogens is 1. The summed E-state index contributed by atoms with van der Waals surface area (Å²) in [6, 6.07) is 8.96. The van der Waals surface area contributed by atoms with Gasteiger partial charge in [-0.05, 0) is 35.7 Å². The van der Waals surface area contributed by atoms with Crippen LogP contribution in [0.1, 0.15) is 12.0 Å². The van der Waals surface area contributed by atoms with Crippen LogP contribution in [0.2, 0.25) is 0 Å². The van der Waals surface area contributed by atoms with Gasteiger partial charge in [0.15, 0.2) is 0 Å². The minimum atomic E-state index is -2.36. The number of fused-ring (bicyclic) bond motifs is 1. The van der Waals surface area contributed by atoms with E-state index in [1.54, 1.807) is 24.4 Å². The smallest absolute Gasteiger partial charge is 0.225 e. The molecule has 108 valence electrons. The minimum Gasteiger partial charge on any atom is -0.755 e. The van der Waals surface area contributed by atoms with Crippen LogP contribution in [0.5, 0.6) is 0 Å². The normalized spacial score (nSPS) is 15.0. The highest BCUT2D eigenvalue weighted by atomic mass is 32.2. The highest BCUT2D eigenvalue weighted by molar-refractivity contribution is 7.80. The Morgan fingerprint density at radius 1 is 1.29 bits per heavy atom. The summed E-state index contributed by atoms with van der Waals surface area (Å²) < 4.78 is 23.8. The van der Waals surface area contributed by atoms with Gasteiger partial charge in [0.2, 0.25) is 5.91 Å². The maximum absolute atomic E-state index is 11.4. The number of nitrogens with one attached hydrogen (secondary N) is 2. The Hall–Kier alpha value is -2.25. The first kappa shape index (κ1) is 13.7. The van der Waals surface area contributed by atoms with E-state index in [0.29, 0.717) is 24.3 Å². The highest BCUT2D eigenvalue weighted by Gasteiger charge is 2.19. The molecule has 21 heavy (non-hydrogen) atoms. The van der Waals surface area contributed by atoms with Crippen molar-refractivity contribution < 1.29 is 13.6 Å². The summed E-state index contributed by atoms with van der Waals surface area (Å²) >= 11 is -2.36. The molecule has 0 saturated heterocycles. The van der Waals surface area contributed by atoms with Crippen molar-refractivity contribution in [1.82, 2.24) is 4.98 Å². The number of nitrogens with zero attached hydrogens (tertiary/aromatic N) is 1. The molecular weight excluding hydrogens is 290 g/mol. The first-order valence-corrected chi connectivity index (χ1v) is 7.45. The fraction of sp³-hybridized carbons (Fsp3) is 0.143. The Morgan fingerprint density at radius 3 is 2.95 bits per heavy atom. The van der Waals surface area contributed by atoms with Crippen molar-refractivity contribution in [2.45, 2.75) is 12.8 Å². The second-order valence-electron chi connectivity index (χ2n) is 4.65. The monoisotopic (exact) mass is 302 g/mol. The van der Waals surface area contributed by atoms with Gasteiger partial charge >= 0.3 is 0 Å². The average Bonchev–Trinajstić information content (AvgIpc) is 2.46. The molecule has 1 unspecified atom stereocenters. The van der Waals surface area contributed by atoms with Gasteiger partial charge in [-0.2, -0.15) is 0 Å². The summed E-state index contributed by atoms with van der Waals surface area (Å²) in [5.41, 5.74) is 3.28. The Labute approximate surface area is 124 Å². The van der Waals surface area contributed by atoms with Crippen molar-refractivity contribution in [1.29, 1.82) is 0 Å².